The Balaban J connectivity index is 1.87. The van der Waals surface area contributed by atoms with Crippen molar-refractivity contribution in [2.24, 2.45) is 0 Å². The molecule has 0 unspecified atom stereocenters. The fraction of sp³-hybridized carbons (Fsp3) is 0.333. The van der Waals surface area contributed by atoms with Crippen molar-refractivity contribution < 1.29 is 27.5 Å². The Hall–Kier alpha value is -2.69. The average molecular weight is 386 g/mol. The fourth-order valence-corrected chi connectivity index (χ4v) is 2.32. The van der Waals surface area contributed by atoms with Gasteiger partial charge < -0.3 is 14.5 Å². The van der Waals surface area contributed by atoms with E-state index >= 15 is 0 Å². The van der Waals surface area contributed by atoms with E-state index in [4.69, 9.17) is 4.42 Å². The van der Waals surface area contributed by atoms with Crippen LogP contribution in [0.15, 0.2) is 33.9 Å². The fourth-order valence-electron chi connectivity index (χ4n) is 1.75. The van der Waals surface area contributed by atoms with Gasteiger partial charge in [0.2, 0.25) is 11.8 Å². The average Bonchev–Trinajstić information content (AvgIpc) is 3.01. The summed E-state index contributed by atoms with van der Waals surface area (Å²) in [7, 11) is 0. The van der Waals surface area contributed by atoms with Crippen LogP contribution in [0.3, 0.4) is 0 Å². The van der Waals surface area contributed by atoms with Gasteiger partial charge in [0.15, 0.2) is 0 Å². The smallest absolute Gasteiger partial charge is 0.387 e. The molecule has 0 aliphatic carbocycles. The number of amides is 3. The Kier molecular flexibility index (Phi) is 6.89. The molecule has 2 N–H and O–H groups in total. The van der Waals surface area contributed by atoms with Gasteiger partial charge in [-0.1, -0.05) is 11.8 Å². The molecule has 0 saturated carbocycles. The highest BCUT2D eigenvalue weighted by atomic mass is 32.2. The summed E-state index contributed by atoms with van der Waals surface area (Å²) in [4.78, 5) is 23.1. The highest BCUT2D eigenvalue weighted by Gasteiger charge is 2.14. The normalized spacial score (nSPS) is 10.8. The van der Waals surface area contributed by atoms with Gasteiger partial charge in [0.1, 0.15) is 5.75 Å². The minimum absolute atomic E-state index is 0.00853. The van der Waals surface area contributed by atoms with Crippen LogP contribution in [0.1, 0.15) is 13.8 Å². The predicted molar refractivity (Wildman–Crippen MR) is 88.9 cm³/mol. The molecule has 0 radical (unpaired) electrons. The van der Waals surface area contributed by atoms with Gasteiger partial charge in [0.25, 0.3) is 5.22 Å². The van der Waals surface area contributed by atoms with Crippen molar-refractivity contribution >= 4 is 23.7 Å². The van der Waals surface area contributed by atoms with Crippen molar-refractivity contribution in [1.29, 1.82) is 0 Å². The first-order valence-corrected chi connectivity index (χ1v) is 8.44. The first-order chi connectivity index (χ1) is 12.3. The highest BCUT2D eigenvalue weighted by molar-refractivity contribution is 7.99. The summed E-state index contributed by atoms with van der Waals surface area (Å²) in [6.07, 6.45) is 0. The Labute approximate surface area is 151 Å². The Bertz CT molecular complexity index is 752. The standard InChI is InChI=1S/C15H16F2N4O4S/c1-8(2)18-14(23)19-11(22)7-26-15-21-20-12(25-15)9-3-5-10(6-4-9)24-13(16)17/h3-6,8,13H,7H2,1-2H3,(H2,18,19,22,23). The summed E-state index contributed by atoms with van der Waals surface area (Å²) in [6.45, 7) is 0.636. The number of nitrogens with one attached hydrogen (secondary N) is 2. The van der Waals surface area contributed by atoms with E-state index < -0.39 is 18.5 Å². The van der Waals surface area contributed by atoms with Crippen molar-refractivity contribution in [2.45, 2.75) is 31.7 Å². The second-order valence-corrected chi connectivity index (χ2v) is 6.17. The van der Waals surface area contributed by atoms with E-state index in [-0.39, 0.29) is 28.7 Å². The van der Waals surface area contributed by atoms with E-state index in [1.165, 1.54) is 24.3 Å². The molecule has 1 aromatic carbocycles. The second kappa shape index (κ2) is 9.13. The summed E-state index contributed by atoms with van der Waals surface area (Å²) in [5.74, 6) is -0.432. The van der Waals surface area contributed by atoms with Gasteiger partial charge in [-0.3, -0.25) is 10.1 Å². The third-order valence-electron chi connectivity index (χ3n) is 2.73. The van der Waals surface area contributed by atoms with Crippen molar-refractivity contribution in [3.8, 4) is 17.2 Å². The Morgan fingerprint density at radius 2 is 1.92 bits per heavy atom. The third kappa shape index (κ3) is 6.31. The van der Waals surface area contributed by atoms with Crippen molar-refractivity contribution in [3.63, 3.8) is 0 Å². The van der Waals surface area contributed by atoms with E-state index in [0.29, 0.717) is 5.56 Å². The van der Waals surface area contributed by atoms with Crippen LogP contribution in [-0.2, 0) is 4.79 Å². The predicted octanol–water partition coefficient (Wildman–Crippen LogP) is 2.66. The first-order valence-electron chi connectivity index (χ1n) is 7.45. The lowest BCUT2D eigenvalue weighted by atomic mass is 10.2. The number of hydrogen-bond donors (Lipinski definition) is 2. The number of alkyl halides is 2. The van der Waals surface area contributed by atoms with Crippen LogP contribution in [0.5, 0.6) is 5.75 Å². The number of rotatable bonds is 7. The second-order valence-electron chi connectivity index (χ2n) is 5.24. The van der Waals surface area contributed by atoms with Gasteiger partial charge in [0.05, 0.1) is 5.75 Å². The summed E-state index contributed by atoms with van der Waals surface area (Å²) in [6, 6.07) is 5.00. The van der Waals surface area contributed by atoms with Gasteiger partial charge in [0, 0.05) is 11.6 Å². The molecule has 0 fully saturated rings. The summed E-state index contributed by atoms with van der Waals surface area (Å²) in [5, 5.41) is 12.4. The number of aromatic nitrogens is 2. The van der Waals surface area contributed by atoms with Crippen molar-refractivity contribution in [2.75, 3.05) is 5.75 Å². The topological polar surface area (TPSA) is 106 Å². The molecule has 2 aromatic rings. The molecule has 0 bridgehead atoms. The summed E-state index contributed by atoms with van der Waals surface area (Å²) < 4.78 is 33.9. The number of carbonyl (C=O) groups excluding carboxylic acids is 2. The number of hydrogen-bond acceptors (Lipinski definition) is 7. The SMILES string of the molecule is CC(C)NC(=O)NC(=O)CSc1nnc(-c2ccc(OC(F)F)cc2)o1. The number of urea groups is 1. The first kappa shape index (κ1) is 19.6. The van der Waals surface area contributed by atoms with E-state index in [2.05, 4.69) is 25.6 Å². The number of benzene rings is 1. The molecule has 1 heterocycles. The largest absolute Gasteiger partial charge is 0.435 e. The van der Waals surface area contributed by atoms with Crippen LogP contribution in [-0.4, -0.2) is 40.5 Å². The van der Waals surface area contributed by atoms with Crippen LogP contribution < -0.4 is 15.4 Å². The van der Waals surface area contributed by atoms with E-state index in [9.17, 15) is 18.4 Å². The summed E-state index contributed by atoms with van der Waals surface area (Å²) in [5.41, 5.74) is 0.506. The van der Waals surface area contributed by atoms with Crippen LogP contribution in [0.25, 0.3) is 11.5 Å². The maximum atomic E-state index is 12.1. The van der Waals surface area contributed by atoms with Crippen molar-refractivity contribution in [1.82, 2.24) is 20.8 Å². The lowest BCUT2D eigenvalue weighted by Gasteiger charge is -2.08. The Morgan fingerprint density at radius 3 is 2.54 bits per heavy atom. The molecule has 1 aromatic heterocycles. The zero-order valence-corrected chi connectivity index (χ0v) is 14.7. The third-order valence-corrected chi connectivity index (χ3v) is 3.55. The van der Waals surface area contributed by atoms with Crippen LogP contribution >= 0.6 is 11.8 Å². The van der Waals surface area contributed by atoms with Gasteiger partial charge in [-0.15, -0.1) is 10.2 Å². The van der Waals surface area contributed by atoms with E-state index in [1.54, 1.807) is 13.8 Å². The number of halogens is 2. The van der Waals surface area contributed by atoms with Crippen molar-refractivity contribution in [3.05, 3.63) is 24.3 Å². The molecule has 0 saturated heterocycles. The summed E-state index contributed by atoms with van der Waals surface area (Å²) >= 11 is 0.960. The van der Waals surface area contributed by atoms with Gasteiger partial charge >= 0.3 is 12.6 Å². The number of nitrogens with zero attached hydrogens (tertiary/aromatic N) is 2. The van der Waals surface area contributed by atoms with Gasteiger partial charge in [-0.05, 0) is 38.1 Å². The molecule has 2 rings (SSSR count). The monoisotopic (exact) mass is 386 g/mol. The quantitative estimate of drug-likeness (QED) is 0.705. The number of ether oxygens (including phenoxy) is 1. The van der Waals surface area contributed by atoms with Crippen LogP contribution in [0, 0.1) is 0 Å². The number of carbonyl (C=O) groups is 2. The Morgan fingerprint density at radius 1 is 1.23 bits per heavy atom. The number of imide groups is 1. The molecule has 140 valence electrons. The minimum atomic E-state index is -2.90. The zero-order chi connectivity index (χ0) is 19.1. The van der Waals surface area contributed by atoms with Crippen LogP contribution in [0.4, 0.5) is 13.6 Å². The maximum absolute atomic E-state index is 12.1. The molecule has 0 aliphatic heterocycles. The minimum Gasteiger partial charge on any atom is -0.435 e. The van der Waals surface area contributed by atoms with Gasteiger partial charge in [-0.2, -0.15) is 8.78 Å². The van der Waals surface area contributed by atoms with E-state index in [1.807, 2.05) is 0 Å². The molecule has 26 heavy (non-hydrogen) atoms. The molecule has 8 nitrogen and oxygen atoms in total. The molecule has 0 atom stereocenters. The zero-order valence-electron chi connectivity index (χ0n) is 13.9. The molecule has 0 aliphatic rings. The number of thioether (sulfide) groups is 1. The molecule has 11 heteroatoms. The highest BCUT2D eigenvalue weighted by Crippen LogP contribution is 2.25. The van der Waals surface area contributed by atoms with Gasteiger partial charge in [-0.25, -0.2) is 4.79 Å². The molecule has 3 amide bonds. The lowest BCUT2D eigenvalue weighted by molar-refractivity contribution is -0.117. The molecular formula is C15H16F2N4O4S. The van der Waals surface area contributed by atoms with E-state index in [0.717, 1.165) is 11.8 Å². The van der Waals surface area contributed by atoms with Crippen LogP contribution in [0.2, 0.25) is 0 Å². The lowest BCUT2D eigenvalue weighted by Crippen LogP contribution is -2.43. The molecular weight excluding hydrogens is 370 g/mol. The molecule has 0 spiro atoms. The maximum Gasteiger partial charge on any atom is 0.387 e.